The van der Waals surface area contributed by atoms with Crippen LogP contribution in [0.4, 0.5) is 10.1 Å². The van der Waals surface area contributed by atoms with E-state index in [4.69, 9.17) is 4.42 Å². The molecule has 43 heavy (non-hydrogen) atoms. The van der Waals surface area contributed by atoms with E-state index in [1.54, 1.807) is 36.8 Å². The van der Waals surface area contributed by atoms with E-state index in [0.717, 1.165) is 29.3 Å². The van der Waals surface area contributed by atoms with Gasteiger partial charge in [0.2, 0.25) is 0 Å². The lowest BCUT2D eigenvalue weighted by molar-refractivity contribution is 0.0709. The Labute approximate surface area is 251 Å². The minimum atomic E-state index is -1.34. The van der Waals surface area contributed by atoms with E-state index in [2.05, 4.69) is 5.32 Å². The number of anilines is 1. The second kappa shape index (κ2) is 11.3. The Hall–Kier alpha value is -4.44. The lowest BCUT2D eigenvalue weighted by Gasteiger charge is -2.34. The van der Waals surface area contributed by atoms with Crippen LogP contribution in [0.1, 0.15) is 45.0 Å². The molecule has 10 heteroatoms. The smallest absolute Gasteiger partial charge is 0.256 e. The first-order valence-corrected chi connectivity index (χ1v) is 15.7. The predicted molar refractivity (Wildman–Crippen MR) is 168 cm³/mol. The number of rotatable bonds is 6. The summed E-state index contributed by atoms with van der Waals surface area (Å²) in [4.78, 5) is 29.0. The molecule has 0 spiro atoms. The Balaban J connectivity index is 1.46. The third kappa shape index (κ3) is 5.09. The van der Waals surface area contributed by atoms with Gasteiger partial charge in [0, 0.05) is 80.5 Å². The molecule has 3 heterocycles. The lowest BCUT2D eigenvalue weighted by atomic mass is 9.87. The van der Waals surface area contributed by atoms with Crippen molar-refractivity contribution in [3.05, 3.63) is 89.4 Å². The van der Waals surface area contributed by atoms with Crippen molar-refractivity contribution in [1.82, 2.24) is 14.8 Å². The SMILES string of the molecule is CNC(=O)c1c(-c2ccc(F)cc2)oc2cc(N(C)S(C)=O)c([C@H]3CCCN(C(=O)c4cn(C)c5ccccc45)C3)cc12. The molecule has 2 atom stereocenters. The van der Waals surface area contributed by atoms with Crippen molar-refractivity contribution in [2.75, 3.05) is 37.7 Å². The van der Waals surface area contributed by atoms with Crippen LogP contribution < -0.4 is 9.62 Å². The number of hydrogen-bond acceptors (Lipinski definition) is 4. The Kier molecular flexibility index (Phi) is 7.56. The first kappa shape index (κ1) is 28.7. The van der Waals surface area contributed by atoms with Crippen molar-refractivity contribution < 1.29 is 22.6 Å². The minimum absolute atomic E-state index is 0.0236. The normalized spacial score (nSPS) is 16.0. The number of aromatic nitrogens is 1. The summed E-state index contributed by atoms with van der Waals surface area (Å²) in [5, 5.41) is 4.23. The second-order valence-electron chi connectivity index (χ2n) is 11.0. The average molecular weight is 601 g/mol. The molecule has 222 valence electrons. The van der Waals surface area contributed by atoms with Gasteiger partial charge in [-0.25, -0.2) is 8.60 Å². The Morgan fingerprint density at radius 2 is 1.84 bits per heavy atom. The third-order valence-corrected chi connectivity index (χ3v) is 9.37. The maximum Gasteiger partial charge on any atom is 0.256 e. The van der Waals surface area contributed by atoms with E-state index >= 15 is 0 Å². The van der Waals surface area contributed by atoms with Crippen molar-refractivity contribution in [1.29, 1.82) is 0 Å². The van der Waals surface area contributed by atoms with Gasteiger partial charge in [-0.3, -0.25) is 13.9 Å². The summed E-state index contributed by atoms with van der Waals surface area (Å²) in [6.45, 7) is 1.11. The topological polar surface area (TPSA) is 87.8 Å². The molecule has 0 aliphatic carbocycles. The maximum absolute atomic E-state index is 13.9. The first-order valence-electron chi connectivity index (χ1n) is 14.2. The molecule has 8 nitrogen and oxygen atoms in total. The van der Waals surface area contributed by atoms with Crippen LogP contribution in [0.5, 0.6) is 0 Å². The number of halogens is 1. The summed E-state index contributed by atoms with van der Waals surface area (Å²) in [6, 6.07) is 17.4. The van der Waals surface area contributed by atoms with Crippen LogP contribution in [0.25, 0.3) is 33.2 Å². The van der Waals surface area contributed by atoms with Gasteiger partial charge in [0.25, 0.3) is 11.8 Å². The van der Waals surface area contributed by atoms with E-state index in [-0.39, 0.29) is 17.7 Å². The Morgan fingerprint density at radius 3 is 2.56 bits per heavy atom. The zero-order chi connectivity index (χ0) is 30.4. The van der Waals surface area contributed by atoms with E-state index in [0.29, 0.717) is 52.2 Å². The number of fused-ring (bicyclic) bond motifs is 2. The highest BCUT2D eigenvalue weighted by molar-refractivity contribution is 7.85. The van der Waals surface area contributed by atoms with Gasteiger partial charge < -0.3 is 19.2 Å². The van der Waals surface area contributed by atoms with Crippen LogP contribution in [0.2, 0.25) is 0 Å². The molecule has 1 saturated heterocycles. The zero-order valence-electron chi connectivity index (χ0n) is 24.5. The number of likely N-dealkylation sites (tertiary alicyclic amines) is 1. The van der Waals surface area contributed by atoms with Crippen LogP contribution in [-0.4, -0.2) is 58.9 Å². The van der Waals surface area contributed by atoms with Crippen molar-refractivity contribution in [3.8, 4) is 11.3 Å². The average Bonchev–Trinajstić information content (AvgIpc) is 3.57. The highest BCUT2D eigenvalue weighted by Gasteiger charge is 2.31. The molecular formula is C33H33FN4O4S. The molecular weight excluding hydrogens is 567 g/mol. The summed E-state index contributed by atoms with van der Waals surface area (Å²) in [6.07, 6.45) is 5.11. The van der Waals surface area contributed by atoms with Gasteiger partial charge in [0.05, 0.1) is 16.8 Å². The number of para-hydroxylation sites is 1. The number of nitrogens with one attached hydrogen (secondary N) is 1. The van der Waals surface area contributed by atoms with E-state index in [1.165, 1.54) is 12.1 Å². The molecule has 1 N–H and O–H groups in total. The Bertz CT molecular complexity index is 1890. The summed E-state index contributed by atoms with van der Waals surface area (Å²) < 4.78 is 36.3. The highest BCUT2D eigenvalue weighted by Crippen LogP contribution is 2.42. The van der Waals surface area contributed by atoms with E-state index in [9.17, 15) is 18.2 Å². The Morgan fingerprint density at radius 1 is 1.09 bits per heavy atom. The molecule has 1 aliphatic rings. The van der Waals surface area contributed by atoms with Crippen LogP contribution in [0.15, 0.2) is 71.3 Å². The summed E-state index contributed by atoms with van der Waals surface area (Å²) in [7, 11) is 3.91. The fourth-order valence-corrected chi connectivity index (χ4v) is 6.58. The zero-order valence-corrected chi connectivity index (χ0v) is 25.3. The standard InChI is InChI=1S/C33H33FN4O4S/c1-35-32(39)30-25-16-24(28(37(3)43(4)41)17-29(25)42-31(30)20-11-13-22(34)14-12-20)21-8-7-15-38(18-21)33(40)26-19-36(2)27-10-6-5-9-23(26)27/h5-6,9-14,16-17,19,21H,7-8,15,18H2,1-4H3,(H,35,39)/t21-,43?/m0/s1. The van der Waals surface area contributed by atoms with Crippen LogP contribution in [0.3, 0.4) is 0 Å². The van der Waals surface area contributed by atoms with Gasteiger partial charge in [0.15, 0.2) is 0 Å². The molecule has 5 aromatic rings. The van der Waals surface area contributed by atoms with Crippen molar-refractivity contribution in [3.63, 3.8) is 0 Å². The monoisotopic (exact) mass is 600 g/mol. The van der Waals surface area contributed by atoms with Crippen molar-refractivity contribution in [2.45, 2.75) is 18.8 Å². The van der Waals surface area contributed by atoms with E-state index < -0.39 is 16.8 Å². The van der Waals surface area contributed by atoms with Crippen LogP contribution in [0, 0.1) is 5.82 Å². The number of furan rings is 1. The number of carbonyl (C=O) groups excluding carboxylic acids is 2. The second-order valence-corrected chi connectivity index (χ2v) is 12.4. The van der Waals surface area contributed by atoms with Crippen LogP contribution >= 0.6 is 0 Å². The van der Waals surface area contributed by atoms with Gasteiger partial charge >= 0.3 is 0 Å². The lowest BCUT2D eigenvalue weighted by Crippen LogP contribution is -2.39. The summed E-state index contributed by atoms with van der Waals surface area (Å²) in [5.41, 5.74) is 4.62. The number of benzene rings is 3. The van der Waals surface area contributed by atoms with Crippen LogP contribution in [-0.2, 0) is 18.0 Å². The third-order valence-electron chi connectivity index (χ3n) is 8.40. The number of piperidine rings is 1. The van der Waals surface area contributed by atoms with E-state index in [1.807, 2.05) is 59.1 Å². The van der Waals surface area contributed by atoms with Gasteiger partial charge in [-0.15, -0.1) is 0 Å². The molecule has 1 aliphatic heterocycles. The minimum Gasteiger partial charge on any atom is -0.455 e. The van der Waals surface area contributed by atoms with Crippen molar-refractivity contribution >= 4 is 50.4 Å². The number of nitrogens with zero attached hydrogens (tertiary/aromatic N) is 3. The first-order chi connectivity index (χ1) is 20.7. The van der Waals surface area contributed by atoms with Gasteiger partial charge in [-0.2, -0.15) is 0 Å². The fourth-order valence-electron chi connectivity index (χ4n) is 6.14. The molecule has 1 unspecified atom stereocenters. The number of aryl methyl sites for hydroxylation is 1. The number of carbonyl (C=O) groups is 2. The number of amides is 2. The summed E-state index contributed by atoms with van der Waals surface area (Å²) in [5.74, 6) is -0.489. The summed E-state index contributed by atoms with van der Waals surface area (Å²) >= 11 is 0. The maximum atomic E-state index is 13.9. The predicted octanol–water partition coefficient (Wildman–Crippen LogP) is 5.84. The molecule has 3 aromatic carbocycles. The molecule has 0 radical (unpaired) electrons. The van der Waals surface area contributed by atoms with Gasteiger partial charge in [-0.1, -0.05) is 18.2 Å². The van der Waals surface area contributed by atoms with Gasteiger partial charge in [-0.05, 0) is 54.8 Å². The molecule has 6 rings (SSSR count). The van der Waals surface area contributed by atoms with Crippen molar-refractivity contribution in [2.24, 2.45) is 7.05 Å². The largest absolute Gasteiger partial charge is 0.455 e. The molecule has 2 aromatic heterocycles. The highest BCUT2D eigenvalue weighted by atomic mass is 32.2. The molecule has 2 amide bonds. The number of hydrogen-bond donors (Lipinski definition) is 1. The molecule has 1 fully saturated rings. The molecule has 0 saturated carbocycles. The quantitative estimate of drug-likeness (QED) is 0.265. The van der Waals surface area contributed by atoms with Gasteiger partial charge in [0.1, 0.15) is 28.1 Å². The fraction of sp³-hybridized carbons (Fsp3) is 0.273. The molecule has 0 bridgehead atoms.